The van der Waals surface area contributed by atoms with Crippen molar-refractivity contribution in [2.45, 2.75) is 316 Å². The van der Waals surface area contributed by atoms with Crippen molar-refractivity contribution in [3.63, 3.8) is 0 Å². The Morgan fingerprint density at radius 3 is 0.782 bits per heavy atom. The predicted octanol–water partition coefficient (Wildman–Crippen LogP) is 24.9. The Labute approximate surface area is 666 Å². The summed E-state index contributed by atoms with van der Waals surface area (Å²) in [5.41, 5.74) is 0. The van der Waals surface area contributed by atoms with Crippen LogP contribution in [0.4, 0.5) is 0 Å². The number of unbranched alkanes of at least 4 members (excludes halogenated alkanes) is 18. The van der Waals surface area contributed by atoms with Crippen molar-refractivity contribution in [2.24, 2.45) is 0 Å². The minimum atomic E-state index is -5.02. The number of esters is 4. The summed E-state index contributed by atoms with van der Waals surface area (Å²) in [5.74, 6) is -2.42. The van der Waals surface area contributed by atoms with E-state index in [9.17, 15) is 43.2 Å². The average Bonchev–Trinajstić information content (AvgIpc) is 0.908. The molecule has 0 spiro atoms. The molecule has 0 aliphatic carbocycles. The molecule has 0 saturated carbocycles. The summed E-state index contributed by atoms with van der Waals surface area (Å²) in [5, 5.41) is 10.7. The molecule has 2 unspecified atom stereocenters. The number of aliphatic hydroxyl groups is 1. The number of aliphatic hydroxyl groups excluding tert-OH is 1. The summed E-state index contributed by atoms with van der Waals surface area (Å²) in [6, 6.07) is 0. The van der Waals surface area contributed by atoms with Crippen LogP contribution in [0.15, 0.2) is 194 Å². The van der Waals surface area contributed by atoms with Gasteiger partial charge in [0.05, 0.1) is 26.4 Å². The number of hydrogen-bond donors (Lipinski definition) is 3. The number of allylic oxidation sites excluding steroid dienone is 32. The Morgan fingerprint density at radius 1 is 0.264 bits per heavy atom. The van der Waals surface area contributed by atoms with Gasteiger partial charge in [-0.25, -0.2) is 9.13 Å². The number of carbonyl (C=O) groups excluding carboxylic acids is 4. The van der Waals surface area contributed by atoms with E-state index in [1.54, 1.807) is 0 Å². The Bertz CT molecular complexity index is 2850. The molecule has 0 radical (unpaired) electrons. The first-order valence-electron chi connectivity index (χ1n) is 41.7. The van der Waals surface area contributed by atoms with Crippen LogP contribution in [0.1, 0.15) is 297 Å². The first kappa shape index (κ1) is 104. The van der Waals surface area contributed by atoms with E-state index >= 15 is 0 Å². The van der Waals surface area contributed by atoms with E-state index in [4.69, 9.17) is 37.0 Å². The third kappa shape index (κ3) is 80.0. The van der Waals surface area contributed by atoms with E-state index in [0.717, 1.165) is 135 Å². The van der Waals surface area contributed by atoms with Gasteiger partial charge in [-0.15, -0.1) is 0 Å². The third-order valence-corrected chi connectivity index (χ3v) is 18.5. The second-order valence-electron chi connectivity index (χ2n) is 27.0. The van der Waals surface area contributed by atoms with Crippen LogP contribution in [0.3, 0.4) is 0 Å². The highest BCUT2D eigenvalue weighted by Crippen LogP contribution is 2.45. The van der Waals surface area contributed by atoms with Gasteiger partial charge in [-0.2, -0.15) is 0 Å². The predicted molar refractivity (Wildman–Crippen MR) is 454 cm³/mol. The van der Waals surface area contributed by atoms with Gasteiger partial charge in [-0.05, 0) is 148 Å². The topological polar surface area (TPSA) is 237 Å². The van der Waals surface area contributed by atoms with E-state index in [2.05, 4.69) is 186 Å². The highest BCUT2D eigenvalue weighted by Gasteiger charge is 2.30. The SMILES string of the molecule is CC/C=C\C/C=C\C/C=C\C/C=C\C/C=C\C/C=C\CCC(=O)O[C@H](COC(=O)CCCCCCCCCCCCCCC)COP(=O)(O)OC[C@H](O)COP(=O)(O)OC[C@@H](COC(=O)CCCCC/C=C\C/C=C\C/C=C\C/C=C\C/C=C\CC)OC(=O)CC/C=C\C/C=C\C/C=C\C/C=C\C/C=C\CCCCC. The van der Waals surface area contributed by atoms with Crippen LogP contribution in [0, 0.1) is 0 Å². The van der Waals surface area contributed by atoms with Gasteiger partial charge in [-0.1, -0.05) is 318 Å². The van der Waals surface area contributed by atoms with Gasteiger partial charge in [-0.3, -0.25) is 37.3 Å². The smallest absolute Gasteiger partial charge is 0.462 e. The molecule has 0 amide bonds. The van der Waals surface area contributed by atoms with Gasteiger partial charge < -0.3 is 33.8 Å². The fraction of sp³-hybridized carbons (Fsp3) is 0.604. The number of phosphoric ester groups is 2. The zero-order chi connectivity index (χ0) is 80.3. The van der Waals surface area contributed by atoms with E-state index in [-0.39, 0.29) is 25.7 Å². The third-order valence-electron chi connectivity index (χ3n) is 16.6. The highest BCUT2D eigenvalue weighted by molar-refractivity contribution is 7.47. The molecule has 622 valence electrons. The van der Waals surface area contributed by atoms with Crippen molar-refractivity contribution in [3.8, 4) is 0 Å². The molecule has 0 aliphatic heterocycles. The Kier molecular flexibility index (Phi) is 76.4. The van der Waals surface area contributed by atoms with Crippen molar-refractivity contribution in [1.29, 1.82) is 0 Å². The van der Waals surface area contributed by atoms with Crippen molar-refractivity contribution in [1.82, 2.24) is 0 Å². The molecule has 3 N–H and O–H groups in total. The highest BCUT2D eigenvalue weighted by atomic mass is 31.2. The molecule has 0 aliphatic rings. The van der Waals surface area contributed by atoms with Crippen LogP contribution in [0.25, 0.3) is 0 Å². The Morgan fingerprint density at radius 2 is 0.491 bits per heavy atom. The van der Waals surface area contributed by atoms with E-state index in [1.807, 2.05) is 36.5 Å². The maximum absolute atomic E-state index is 13.1. The van der Waals surface area contributed by atoms with Crippen molar-refractivity contribution >= 4 is 39.5 Å². The molecule has 0 aromatic carbocycles. The molecule has 0 aromatic rings. The van der Waals surface area contributed by atoms with Crippen molar-refractivity contribution in [3.05, 3.63) is 194 Å². The largest absolute Gasteiger partial charge is 0.472 e. The quantitative estimate of drug-likeness (QED) is 0.0169. The molecule has 17 nitrogen and oxygen atoms in total. The fourth-order valence-corrected chi connectivity index (χ4v) is 11.9. The van der Waals surface area contributed by atoms with Gasteiger partial charge >= 0.3 is 39.5 Å². The molecule has 0 aromatic heterocycles. The summed E-state index contributed by atoms with van der Waals surface area (Å²) < 4.78 is 68.5. The van der Waals surface area contributed by atoms with Crippen LogP contribution in [-0.4, -0.2) is 96.7 Å². The van der Waals surface area contributed by atoms with Crippen molar-refractivity contribution in [2.75, 3.05) is 39.6 Å². The lowest BCUT2D eigenvalue weighted by molar-refractivity contribution is -0.161. The van der Waals surface area contributed by atoms with Gasteiger partial charge in [0.2, 0.25) is 0 Å². The zero-order valence-corrected chi connectivity index (χ0v) is 69.9. The lowest BCUT2D eigenvalue weighted by Crippen LogP contribution is -2.30. The summed E-state index contributed by atoms with van der Waals surface area (Å²) in [7, 11) is -10.0. The Hall–Kier alpha value is -6.10. The zero-order valence-electron chi connectivity index (χ0n) is 68.1. The molecule has 0 rings (SSSR count). The molecule has 19 heteroatoms. The lowest BCUT2D eigenvalue weighted by Gasteiger charge is -2.21. The summed E-state index contributed by atoms with van der Waals surface area (Å²) in [6.07, 6.45) is 100. The van der Waals surface area contributed by atoms with Crippen LogP contribution >= 0.6 is 15.6 Å². The van der Waals surface area contributed by atoms with Crippen LogP contribution in [0.2, 0.25) is 0 Å². The second-order valence-corrected chi connectivity index (χ2v) is 29.9. The summed E-state index contributed by atoms with van der Waals surface area (Å²) >= 11 is 0. The number of rotatable bonds is 76. The number of phosphoric acid groups is 2. The molecule has 5 atom stereocenters. The normalized spacial score (nSPS) is 14.8. The van der Waals surface area contributed by atoms with Crippen LogP contribution in [-0.2, 0) is 65.4 Å². The molecule has 110 heavy (non-hydrogen) atoms. The molecular weight excluding hydrogens is 1430 g/mol. The molecule has 0 bridgehead atoms. The lowest BCUT2D eigenvalue weighted by atomic mass is 10.0. The maximum atomic E-state index is 13.1. The monoisotopic (exact) mass is 1570 g/mol. The fourth-order valence-electron chi connectivity index (χ4n) is 10.3. The van der Waals surface area contributed by atoms with E-state index in [0.29, 0.717) is 38.5 Å². The number of hydrogen-bond acceptors (Lipinski definition) is 15. The molecular formula is C91H146O17P2. The summed E-state index contributed by atoms with van der Waals surface area (Å²) in [4.78, 5) is 73.1. The molecule has 0 heterocycles. The standard InChI is InChI=1S/C91H146O17P2/c1-5-9-13-17-21-25-29-33-36-39-42-45-48-52-56-60-64-68-72-76-89(94)102-82-87(108-91(96)78-74-70-66-62-58-54-50-47-44-41-38-35-31-27-23-19-15-11-7-3)84-106-110(99,100)104-80-85(92)79-103-109(97,98)105-83-86(81-101-88(93)75-71-67-63-59-55-51-32-28-24-20-16-12-8-4)107-90(95)77-73-69-65-61-57-53-49-46-43-40-37-34-30-26-22-18-14-10-6-2/h9-10,13-14,21-23,25-27,33-38,42-47,52-54,56-58,65-66,69-70,85-87,92H,5-8,11-12,15-20,24,28-32,39-41,48-51,55,59-64,67-68,71-84H2,1-4H3,(H,97,98)(H,99,100)/b13-9-,14-10-,25-21-,26-22-,27-23-,36-33-,37-34-,38-35-,45-42-,46-43-,47-44-,56-52-,57-53-,58-54-,69-65-,70-66-/t85-,86+,87+/m0/s1. The first-order valence-corrected chi connectivity index (χ1v) is 44.7. The first-order chi connectivity index (χ1) is 53.7. The second kappa shape index (κ2) is 80.9. The van der Waals surface area contributed by atoms with Gasteiger partial charge in [0.15, 0.2) is 12.2 Å². The van der Waals surface area contributed by atoms with E-state index in [1.165, 1.54) is 70.6 Å². The Balaban J connectivity index is 5.56. The van der Waals surface area contributed by atoms with E-state index < -0.39 is 97.5 Å². The van der Waals surface area contributed by atoms with Gasteiger partial charge in [0.25, 0.3) is 0 Å². The average molecular weight is 1570 g/mol. The minimum Gasteiger partial charge on any atom is -0.462 e. The summed E-state index contributed by atoms with van der Waals surface area (Å²) in [6.45, 7) is 4.40. The van der Waals surface area contributed by atoms with Gasteiger partial charge in [0, 0.05) is 25.7 Å². The van der Waals surface area contributed by atoms with Crippen LogP contribution < -0.4 is 0 Å². The van der Waals surface area contributed by atoms with Gasteiger partial charge in [0.1, 0.15) is 19.3 Å². The van der Waals surface area contributed by atoms with Crippen LogP contribution in [0.5, 0.6) is 0 Å². The molecule has 0 saturated heterocycles. The number of ether oxygens (including phenoxy) is 4. The van der Waals surface area contributed by atoms with Crippen molar-refractivity contribution < 1.29 is 80.2 Å². The number of carbonyl (C=O) groups is 4. The minimum absolute atomic E-state index is 0.0382. The maximum Gasteiger partial charge on any atom is 0.472 e. The molecule has 0 fully saturated rings.